The number of carbonyl (C=O) groups is 1. The minimum Gasteiger partial charge on any atom is -0.497 e. The third-order valence-electron chi connectivity index (χ3n) is 4.18. The quantitative estimate of drug-likeness (QED) is 0.252. The van der Waals surface area contributed by atoms with Crippen LogP contribution in [0.5, 0.6) is 11.5 Å². The Bertz CT molecular complexity index is 864. The van der Waals surface area contributed by atoms with E-state index in [2.05, 4.69) is 4.99 Å². The number of aliphatic imine (C=N–C) groups is 1. The summed E-state index contributed by atoms with van der Waals surface area (Å²) in [6.07, 6.45) is 2.83. The number of unbranched alkanes of at least 4 members (excludes halogenated alkanes) is 1. The summed E-state index contributed by atoms with van der Waals surface area (Å²) in [4.78, 5) is 27.1. The average molecular weight is 400 g/mol. The maximum absolute atomic E-state index is 12.0. The standard InChI is InChI=1S/C21H24N2O6/c1-4-5-6-20(21(24)28-3)29-19-12-9-17(23(25)26)13-15(19)14-22-16-7-10-18(27-2)11-8-16/h7-14,20H,4-6H2,1-3H3. The summed E-state index contributed by atoms with van der Waals surface area (Å²) < 4.78 is 15.8. The van der Waals surface area contributed by atoms with Crippen molar-refractivity contribution < 1.29 is 23.9 Å². The number of carbonyl (C=O) groups excluding carboxylic acids is 1. The molecule has 0 aromatic heterocycles. The smallest absolute Gasteiger partial charge is 0.347 e. The molecule has 8 heteroatoms. The fraction of sp³-hybridized carbons (Fsp3) is 0.333. The molecule has 0 bridgehead atoms. The molecule has 0 aliphatic heterocycles. The highest BCUT2D eigenvalue weighted by atomic mass is 16.6. The van der Waals surface area contributed by atoms with Gasteiger partial charge in [-0.25, -0.2) is 4.79 Å². The molecular formula is C21H24N2O6. The van der Waals surface area contributed by atoms with Gasteiger partial charge in [0.15, 0.2) is 6.10 Å². The van der Waals surface area contributed by atoms with Crippen LogP contribution in [0.3, 0.4) is 0 Å². The molecule has 0 saturated carbocycles. The van der Waals surface area contributed by atoms with Crippen molar-refractivity contribution in [2.24, 2.45) is 4.99 Å². The Kier molecular flexibility index (Phi) is 8.14. The van der Waals surface area contributed by atoms with Crippen molar-refractivity contribution in [2.75, 3.05) is 14.2 Å². The summed E-state index contributed by atoms with van der Waals surface area (Å²) >= 11 is 0. The van der Waals surface area contributed by atoms with Crippen LogP contribution in [0.2, 0.25) is 0 Å². The van der Waals surface area contributed by atoms with Gasteiger partial charge in [-0.1, -0.05) is 13.3 Å². The zero-order valence-electron chi connectivity index (χ0n) is 16.7. The second-order valence-electron chi connectivity index (χ2n) is 6.21. The Hall–Kier alpha value is -3.42. The Labute approximate surface area is 169 Å². The first kappa shape index (κ1) is 21.9. The Balaban J connectivity index is 2.34. The third kappa shape index (κ3) is 6.31. The zero-order chi connectivity index (χ0) is 21.2. The molecule has 154 valence electrons. The van der Waals surface area contributed by atoms with Crippen molar-refractivity contribution in [2.45, 2.75) is 32.3 Å². The van der Waals surface area contributed by atoms with Gasteiger partial charge in [0, 0.05) is 23.9 Å². The molecule has 2 aromatic rings. The van der Waals surface area contributed by atoms with E-state index in [9.17, 15) is 14.9 Å². The van der Waals surface area contributed by atoms with E-state index >= 15 is 0 Å². The van der Waals surface area contributed by atoms with Crippen molar-refractivity contribution in [3.05, 3.63) is 58.1 Å². The molecule has 1 atom stereocenters. The molecule has 0 amide bonds. The number of esters is 1. The lowest BCUT2D eigenvalue weighted by atomic mass is 10.1. The van der Waals surface area contributed by atoms with Gasteiger partial charge in [-0.15, -0.1) is 0 Å². The summed E-state index contributed by atoms with van der Waals surface area (Å²) in [6.45, 7) is 2.01. The van der Waals surface area contributed by atoms with E-state index in [-0.39, 0.29) is 5.69 Å². The normalized spacial score (nSPS) is 11.8. The van der Waals surface area contributed by atoms with E-state index in [0.29, 0.717) is 29.2 Å². The highest BCUT2D eigenvalue weighted by Crippen LogP contribution is 2.26. The number of rotatable bonds is 10. The van der Waals surface area contributed by atoms with E-state index in [4.69, 9.17) is 14.2 Å². The number of benzene rings is 2. The van der Waals surface area contributed by atoms with Crippen LogP contribution in [0.4, 0.5) is 11.4 Å². The molecule has 29 heavy (non-hydrogen) atoms. The number of nitro groups is 1. The number of ether oxygens (including phenoxy) is 3. The second kappa shape index (κ2) is 10.8. The van der Waals surface area contributed by atoms with Crippen LogP contribution in [-0.2, 0) is 9.53 Å². The zero-order valence-corrected chi connectivity index (χ0v) is 16.7. The van der Waals surface area contributed by atoms with Gasteiger partial charge in [0.05, 0.1) is 24.8 Å². The summed E-state index contributed by atoms with van der Waals surface area (Å²) in [5.74, 6) is 0.523. The van der Waals surface area contributed by atoms with Crippen LogP contribution < -0.4 is 9.47 Å². The minimum absolute atomic E-state index is 0.100. The van der Waals surface area contributed by atoms with E-state index in [1.54, 1.807) is 31.4 Å². The predicted octanol–water partition coefficient (Wildman–Crippen LogP) is 4.46. The largest absolute Gasteiger partial charge is 0.497 e. The lowest BCUT2D eigenvalue weighted by Gasteiger charge is -2.18. The molecule has 0 aliphatic rings. The molecule has 8 nitrogen and oxygen atoms in total. The van der Waals surface area contributed by atoms with Crippen molar-refractivity contribution in [1.29, 1.82) is 0 Å². The highest BCUT2D eigenvalue weighted by Gasteiger charge is 2.22. The van der Waals surface area contributed by atoms with Crippen molar-refractivity contribution >= 4 is 23.6 Å². The molecule has 0 aliphatic carbocycles. The average Bonchev–Trinajstić information content (AvgIpc) is 2.75. The van der Waals surface area contributed by atoms with E-state index < -0.39 is 17.0 Å². The lowest BCUT2D eigenvalue weighted by molar-refractivity contribution is -0.384. The van der Waals surface area contributed by atoms with Crippen LogP contribution in [-0.4, -0.2) is 37.4 Å². The number of hydrogen-bond donors (Lipinski definition) is 0. The molecule has 0 N–H and O–H groups in total. The van der Waals surface area contributed by atoms with Gasteiger partial charge < -0.3 is 14.2 Å². The number of nitro benzene ring substituents is 1. The van der Waals surface area contributed by atoms with Gasteiger partial charge >= 0.3 is 5.97 Å². The van der Waals surface area contributed by atoms with E-state index in [1.807, 2.05) is 6.92 Å². The number of hydrogen-bond acceptors (Lipinski definition) is 7. The summed E-state index contributed by atoms with van der Waals surface area (Å²) in [5, 5.41) is 11.2. The number of non-ortho nitro benzene ring substituents is 1. The van der Waals surface area contributed by atoms with Gasteiger partial charge in [-0.3, -0.25) is 15.1 Å². The maximum atomic E-state index is 12.0. The van der Waals surface area contributed by atoms with Gasteiger partial charge in [0.2, 0.25) is 0 Å². The Morgan fingerprint density at radius 3 is 2.52 bits per heavy atom. The van der Waals surface area contributed by atoms with Crippen LogP contribution >= 0.6 is 0 Å². The van der Waals surface area contributed by atoms with E-state index in [0.717, 1.165) is 12.8 Å². The molecule has 0 spiro atoms. The fourth-order valence-corrected chi connectivity index (χ4v) is 2.57. The molecule has 2 aromatic carbocycles. The predicted molar refractivity (Wildman–Crippen MR) is 109 cm³/mol. The van der Waals surface area contributed by atoms with Crippen LogP contribution in [0.15, 0.2) is 47.5 Å². The molecule has 0 fully saturated rings. The molecule has 0 saturated heterocycles. The van der Waals surface area contributed by atoms with Gasteiger partial charge in [-0.2, -0.15) is 0 Å². The Morgan fingerprint density at radius 1 is 1.21 bits per heavy atom. The first-order chi connectivity index (χ1) is 14.0. The number of nitrogens with zero attached hydrogens (tertiary/aromatic N) is 2. The molecule has 0 radical (unpaired) electrons. The topological polar surface area (TPSA) is 100 Å². The van der Waals surface area contributed by atoms with E-state index in [1.165, 1.54) is 31.5 Å². The molecule has 0 heterocycles. The third-order valence-corrected chi connectivity index (χ3v) is 4.18. The number of methoxy groups -OCH3 is 2. The minimum atomic E-state index is -0.797. The molecule has 2 rings (SSSR count). The van der Waals surface area contributed by atoms with Crippen LogP contribution in [0.25, 0.3) is 0 Å². The summed E-state index contributed by atoms with van der Waals surface area (Å²) in [5.41, 5.74) is 0.927. The summed E-state index contributed by atoms with van der Waals surface area (Å²) in [7, 11) is 2.87. The fourth-order valence-electron chi connectivity index (χ4n) is 2.57. The second-order valence-corrected chi connectivity index (χ2v) is 6.21. The first-order valence-corrected chi connectivity index (χ1v) is 9.19. The highest BCUT2D eigenvalue weighted by molar-refractivity contribution is 5.87. The SMILES string of the molecule is CCCCC(Oc1ccc([N+](=O)[O-])cc1C=Nc1ccc(OC)cc1)C(=O)OC. The van der Waals surface area contributed by atoms with Crippen LogP contribution in [0.1, 0.15) is 31.7 Å². The van der Waals surface area contributed by atoms with Gasteiger partial charge in [0.25, 0.3) is 5.69 Å². The lowest BCUT2D eigenvalue weighted by Crippen LogP contribution is -2.29. The first-order valence-electron chi connectivity index (χ1n) is 9.19. The van der Waals surface area contributed by atoms with Gasteiger partial charge in [-0.05, 0) is 43.2 Å². The van der Waals surface area contributed by atoms with Crippen molar-refractivity contribution in [3.63, 3.8) is 0 Å². The maximum Gasteiger partial charge on any atom is 0.347 e. The molecular weight excluding hydrogens is 376 g/mol. The monoisotopic (exact) mass is 400 g/mol. The molecule has 1 unspecified atom stereocenters. The van der Waals surface area contributed by atoms with Gasteiger partial charge in [0.1, 0.15) is 11.5 Å². The van der Waals surface area contributed by atoms with Crippen LogP contribution in [0, 0.1) is 10.1 Å². The summed E-state index contributed by atoms with van der Waals surface area (Å²) in [6, 6.07) is 11.2. The van der Waals surface area contributed by atoms with Crippen molar-refractivity contribution in [3.8, 4) is 11.5 Å². The van der Waals surface area contributed by atoms with Crippen molar-refractivity contribution in [1.82, 2.24) is 0 Å². The Morgan fingerprint density at radius 2 is 1.93 bits per heavy atom.